The highest BCUT2D eigenvalue weighted by Crippen LogP contribution is 2.31. The fourth-order valence-corrected chi connectivity index (χ4v) is 2.05. The predicted octanol–water partition coefficient (Wildman–Crippen LogP) is 1.80. The van der Waals surface area contributed by atoms with Gasteiger partial charge in [0, 0.05) is 6.42 Å². The van der Waals surface area contributed by atoms with E-state index in [-0.39, 0.29) is 11.6 Å². The lowest BCUT2D eigenvalue weighted by molar-refractivity contribution is -0.130. The molecule has 2 heterocycles. The zero-order chi connectivity index (χ0) is 13.2. The fourth-order valence-electron chi connectivity index (χ4n) is 2.05. The minimum atomic E-state index is -0.501. The topological polar surface area (TPSA) is 57.1 Å². The molecule has 0 atom stereocenters. The molecule has 0 aliphatic carbocycles. The molecule has 0 spiro atoms. The SMILES string of the molecule is CCOC=C1N=C(c2cccc3c2OCC3)OC1=O. The lowest BCUT2D eigenvalue weighted by Gasteiger charge is -2.05. The van der Waals surface area contributed by atoms with Crippen LogP contribution in [0.3, 0.4) is 0 Å². The first-order valence-electron chi connectivity index (χ1n) is 6.17. The Bertz CT molecular complexity index is 589. The van der Waals surface area contributed by atoms with Gasteiger partial charge in [-0.3, -0.25) is 0 Å². The number of esters is 1. The van der Waals surface area contributed by atoms with Crippen LogP contribution in [0.25, 0.3) is 0 Å². The molecule has 0 bridgehead atoms. The Labute approximate surface area is 110 Å². The summed E-state index contributed by atoms with van der Waals surface area (Å²) in [6, 6.07) is 5.74. The second-order valence-corrected chi connectivity index (χ2v) is 4.16. The second kappa shape index (κ2) is 4.76. The first-order chi connectivity index (χ1) is 9.29. The summed E-state index contributed by atoms with van der Waals surface area (Å²) >= 11 is 0. The number of fused-ring (bicyclic) bond motifs is 1. The lowest BCUT2D eigenvalue weighted by Crippen LogP contribution is -2.07. The van der Waals surface area contributed by atoms with Crippen LogP contribution in [0.2, 0.25) is 0 Å². The summed E-state index contributed by atoms with van der Waals surface area (Å²) in [4.78, 5) is 15.8. The normalized spacial score (nSPS) is 18.9. The number of carbonyl (C=O) groups is 1. The lowest BCUT2D eigenvalue weighted by atomic mass is 10.1. The molecule has 0 saturated carbocycles. The van der Waals surface area contributed by atoms with Gasteiger partial charge in [-0.05, 0) is 18.6 Å². The summed E-state index contributed by atoms with van der Waals surface area (Å²) in [6.07, 6.45) is 2.19. The van der Waals surface area contributed by atoms with E-state index in [1.54, 1.807) is 0 Å². The minimum Gasteiger partial charge on any atom is -0.499 e. The van der Waals surface area contributed by atoms with Crippen LogP contribution in [0.15, 0.2) is 35.2 Å². The van der Waals surface area contributed by atoms with Gasteiger partial charge in [0.05, 0.1) is 18.8 Å². The molecule has 1 aromatic carbocycles. The van der Waals surface area contributed by atoms with E-state index < -0.39 is 5.97 Å². The predicted molar refractivity (Wildman–Crippen MR) is 68.0 cm³/mol. The van der Waals surface area contributed by atoms with Crippen molar-refractivity contribution in [3.05, 3.63) is 41.3 Å². The van der Waals surface area contributed by atoms with Crippen molar-refractivity contribution in [2.24, 2.45) is 4.99 Å². The molecule has 5 heteroatoms. The molecule has 19 heavy (non-hydrogen) atoms. The van der Waals surface area contributed by atoms with E-state index >= 15 is 0 Å². The molecule has 0 fully saturated rings. The van der Waals surface area contributed by atoms with E-state index in [1.165, 1.54) is 6.26 Å². The number of benzene rings is 1. The largest absolute Gasteiger partial charge is 0.499 e. The first-order valence-corrected chi connectivity index (χ1v) is 6.17. The number of para-hydroxylation sites is 1. The molecule has 0 saturated heterocycles. The van der Waals surface area contributed by atoms with Crippen LogP contribution in [0, 0.1) is 0 Å². The monoisotopic (exact) mass is 259 g/mol. The summed E-state index contributed by atoms with van der Waals surface area (Å²) in [5.41, 5.74) is 1.99. The van der Waals surface area contributed by atoms with Gasteiger partial charge in [0.1, 0.15) is 12.0 Å². The molecule has 1 aromatic rings. The minimum absolute atomic E-state index is 0.174. The van der Waals surface area contributed by atoms with Gasteiger partial charge in [-0.15, -0.1) is 0 Å². The fraction of sp³-hybridized carbons (Fsp3) is 0.286. The van der Waals surface area contributed by atoms with Gasteiger partial charge in [0.15, 0.2) is 5.70 Å². The van der Waals surface area contributed by atoms with Crippen LogP contribution in [-0.4, -0.2) is 25.1 Å². The van der Waals surface area contributed by atoms with Crippen molar-refractivity contribution in [3.63, 3.8) is 0 Å². The zero-order valence-corrected chi connectivity index (χ0v) is 10.5. The Balaban J connectivity index is 1.96. The van der Waals surface area contributed by atoms with E-state index in [2.05, 4.69) is 4.99 Å². The Morgan fingerprint density at radius 1 is 1.47 bits per heavy atom. The van der Waals surface area contributed by atoms with Crippen LogP contribution in [-0.2, 0) is 20.7 Å². The Morgan fingerprint density at radius 3 is 3.21 bits per heavy atom. The van der Waals surface area contributed by atoms with Crippen LogP contribution in [0.4, 0.5) is 0 Å². The number of ether oxygens (including phenoxy) is 3. The highest BCUT2D eigenvalue weighted by molar-refractivity contribution is 6.12. The van der Waals surface area contributed by atoms with Crippen molar-refractivity contribution in [2.75, 3.05) is 13.2 Å². The second-order valence-electron chi connectivity index (χ2n) is 4.16. The van der Waals surface area contributed by atoms with Crippen molar-refractivity contribution in [3.8, 4) is 5.75 Å². The molecular formula is C14H13NO4. The summed E-state index contributed by atoms with van der Waals surface area (Å²) in [5, 5.41) is 0. The van der Waals surface area contributed by atoms with Crippen LogP contribution in [0.5, 0.6) is 5.75 Å². The molecule has 0 aromatic heterocycles. The van der Waals surface area contributed by atoms with Crippen molar-refractivity contribution < 1.29 is 19.0 Å². The molecule has 2 aliphatic heterocycles. The maximum atomic E-state index is 11.6. The summed E-state index contributed by atoms with van der Waals surface area (Å²) < 4.78 is 15.8. The van der Waals surface area contributed by atoms with Gasteiger partial charge in [-0.25, -0.2) is 9.79 Å². The number of hydrogen-bond donors (Lipinski definition) is 0. The average Bonchev–Trinajstić information content (AvgIpc) is 3.02. The summed E-state index contributed by atoms with van der Waals surface area (Å²) in [7, 11) is 0. The maximum absolute atomic E-state index is 11.6. The Morgan fingerprint density at radius 2 is 2.37 bits per heavy atom. The highest BCUT2D eigenvalue weighted by Gasteiger charge is 2.28. The summed E-state index contributed by atoms with van der Waals surface area (Å²) in [5.74, 6) is 0.528. The van der Waals surface area contributed by atoms with Gasteiger partial charge in [-0.2, -0.15) is 0 Å². The van der Waals surface area contributed by atoms with E-state index in [4.69, 9.17) is 14.2 Å². The van der Waals surface area contributed by atoms with Crippen molar-refractivity contribution in [1.29, 1.82) is 0 Å². The third kappa shape index (κ3) is 2.07. The number of aliphatic imine (C=N–C) groups is 1. The molecule has 5 nitrogen and oxygen atoms in total. The van der Waals surface area contributed by atoms with Gasteiger partial charge < -0.3 is 14.2 Å². The molecule has 3 rings (SSSR count). The van der Waals surface area contributed by atoms with Gasteiger partial charge in [0.25, 0.3) is 0 Å². The van der Waals surface area contributed by atoms with Crippen molar-refractivity contribution >= 4 is 11.9 Å². The molecule has 98 valence electrons. The van der Waals surface area contributed by atoms with Gasteiger partial charge in [-0.1, -0.05) is 12.1 Å². The summed E-state index contributed by atoms with van der Waals surface area (Å²) in [6.45, 7) is 2.96. The third-order valence-electron chi connectivity index (χ3n) is 2.93. The smallest absolute Gasteiger partial charge is 0.367 e. The Kier molecular flexibility index (Phi) is 2.95. The molecule has 0 amide bonds. The average molecular weight is 259 g/mol. The first kappa shape index (κ1) is 11.8. The van der Waals surface area contributed by atoms with E-state index in [0.29, 0.717) is 18.8 Å². The standard InChI is InChI=1S/C14H13NO4/c1-2-17-8-11-14(16)19-13(15-11)10-5-3-4-9-6-7-18-12(9)10/h3-5,8H,2,6-7H2,1H3. The maximum Gasteiger partial charge on any atom is 0.367 e. The number of cyclic esters (lactones) is 1. The van der Waals surface area contributed by atoms with Crippen molar-refractivity contribution in [1.82, 2.24) is 0 Å². The molecule has 0 unspecified atom stereocenters. The van der Waals surface area contributed by atoms with Crippen LogP contribution in [0.1, 0.15) is 18.1 Å². The van der Waals surface area contributed by atoms with E-state index in [1.807, 2.05) is 25.1 Å². The molecule has 0 radical (unpaired) electrons. The van der Waals surface area contributed by atoms with E-state index in [9.17, 15) is 4.79 Å². The van der Waals surface area contributed by atoms with Gasteiger partial charge in [0.2, 0.25) is 5.90 Å². The van der Waals surface area contributed by atoms with Crippen LogP contribution < -0.4 is 4.74 Å². The Hall–Kier alpha value is -2.30. The number of rotatable bonds is 3. The number of nitrogens with zero attached hydrogens (tertiary/aromatic N) is 1. The number of hydrogen-bond acceptors (Lipinski definition) is 5. The van der Waals surface area contributed by atoms with Gasteiger partial charge >= 0.3 is 5.97 Å². The highest BCUT2D eigenvalue weighted by atomic mass is 16.6. The van der Waals surface area contributed by atoms with Crippen LogP contribution >= 0.6 is 0 Å². The van der Waals surface area contributed by atoms with Crippen molar-refractivity contribution in [2.45, 2.75) is 13.3 Å². The molecule has 2 aliphatic rings. The molecular weight excluding hydrogens is 246 g/mol. The quantitative estimate of drug-likeness (QED) is 0.472. The van der Waals surface area contributed by atoms with E-state index in [0.717, 1.165) is 17.7 Å². The molecule has 0 N–H and O–H groups in total. The number of carbonyl (C=O) groups excluding carboxylic acids is 1. The zero-order valence-electron chi connectivity index (χ0n) is 10.5. The third-order valence-corrected chi connectivity index (χ3v) is 2.93.